The van der Waals surface area contributed by atoms with E-state index in [4.69, 9.17) is 15.2 Å². The summed E-state index contributed by atoms with van der Waals surface area (Å²) >= 11 is 2.13. The van der Waals surface area contributed by atoms with Crippen molar-refractivity contribution >= 4 is 22.6 Å². The molecule has 0 atom stereocenters. The van der Waals surface area contributed by atoms with Crippen LogP contribution in [0.15, 0.2) is 0 Å². The van der Waals surface area contributed by atoms with Gasteiger partial charge >= 0.3 is 0 Å². The zero-order valence-corrected chi connectivity index (χ0v) is 6.55. The van der Waals surface area contributed by atoms with Crippen LogP contribution in [-0.4, -0.2) is 23.6 Å². The van der Waals surface area contributed by atoms with Crippen LogP contribution in [-0.2, 0) is 9.47 Å². The first-order valence-corrected chi connectivity index (χ1v) is 3.92. The lowest BCUT2D eigenvalue weighted by Crippen LogP contribution is -2.42. The number of ether oxygens (including phenoxy) is 2. The molecule has 8 heavy (non-hydrogen) atoms. The van der Waals surface area contributed by atoms with Crippen molar-refractivity contribution in [3.05, 3.63) is 0 Å². The molecule has 0 bridgehead atoms. The fraction of sp³-hybridized carbons (Fsp3) is 1.00. The molecule has 2 N–H and O–H groups in total. The molecule has 1 fully saturated rings. The second-order valence-electron chi connectivity index (χ2n) is 1.64. The van der Waals surface area contributed by atoms with E-state index in [1.807, 2.05) is 0 Å². The van der Waals surface area contributed by atoms with Gasteiger partial charge in [-0.15, -0.1) is 0 Å². The molecule has 0 spiro atoms. The normalized spacial score (nSPS) is 26.2. The van der Waals surface area contributed by atoms with Gasteiger partial charge in [-0.1, -0.05) is 22.6 Å². The largest absolute Gasteiger partial charge is 0.335 e. The fourth-order valence-corrected chi connectivity index (χ4v) is 0.988. The molecule has 4 heteroatoms. The molecule has 1 aliphatic heterocycles. The molecule has 0 radical (unpaired) electrons. The van der Waals surface area contributed by atoms with Crippen molar-refractivity contribution in [2.45, 2.75) is 5.91 Å². The number of rotatable bonds is 1. The molecule has 0 unspecified atom stereocenters. The molecule has 0 saturated carbocycles. The number of alkyl halides is 1. The van der Waals surface area contributed by atoms with Gasteiger partial charge in [-0.25, -0.2) is 0 Å². The molecular formula is C4H8INO2. The molecule has 1 saturated heterocycles. The minimum atomic E-state index is -0.777. The van der Waals surface area contributed by atoms with E-state index in [0.717, 1.165) is 0 Å². The van der Waals surface area contributed by atoms with Gasteiger partial charge in [0, 0.05) is 0 Å². The fourth-order valence-electron chi connectivity index (χ4n) is 0.548. The van der Waals surface area contributed by atoms with Gasteiger partial charge in [-0.2, -0.15) is 0 Å². The zero-order chi connectivity index (χ0) is 6.04. The van der Waals surface area contributed by atoms with Crippen LogP contribution in [0, 0.1) is 0 Å². The summed E-state index contributed by atoms with van der Waals surface area (Å²) in [6, 6.07) is 0. The Balaban J connectivity index is 2.40. The van der Waals surface area contributed by atoms with Gasteiger partial charge in [-0.3, -0.25) is 5.73 Å². The third-order valence-corrected chi connectivity index (χ3v) is 2.03. The quantitative estimate of drug-likeness (QED) is 0.511. The summed E-state index contributed by atoms with van der Waals surface area (Å²) in [6.07, 6.45) is 0. The van der Waals surface area contributed by atoms with Crippen molar-refractivity contribution in [2.75, 3.05) is 17.6 Å². The lowest BCUT2D eigenvalue weighted by atomic mass is 10.6. The molecule has 48 valence electrons. The SMILES string of the molecule is NC1(CI)OCCO1. The van der Waals surface area contributed by atoms with E-state index in [9.17, 15) is 0 Å². The van der Waals surface area contributed by atoms with Crippen molar-refractivity contribution in [3.8, 4) is 0 Å². The highest BCUT2D eigenvalue weighted by Crippen LogP contribution is 2.14. The molecule has 0 aromatic rings. The third-order valence-electron chi connectivity index (χ3n) is 0.962. The topological polar surface area (TPSA) is 44.5 Å². The summed E-state index contributed by atoms with van der Waals surface area (Å²) < 4.78 is 10.8. The van der Waals surface area contributed by atoms with E-state index < -0.39 is 5.91 Å². The molecule has 3 nitrogen and oxygen atoms in total. The van der Waals surface area contributed by atoms with E-state index >= 15 is 0 Å². The molecule has 0 aromatic carbocycles. The third kappa shape index (κ3) is 1.31. The Morgan fingerprint density at radius 1 is 1.50 bits per heavy atom. The van der Waals surface area contributed by atoms with Gasteiger partial charge in [0.2, 0.25) is 5.91 Å². The van der Waals surface area contributed by atoms with Crippen LogP contribution < -0.4 is 5.73 Å². The van der Waals surface area contributed by atoms with Crippen LogP contribution >= 0.6 is 22.6 Å². The lowest BCUT2D eigenvalue weighted by molar-refractivity contribution is -0.129. The summed E-state index contributed by atoms with van der Waals surface area (Å²) in [5.74, 6) is -0.777. The molecular weight excluding hydrogens is 221 g/mol. The van der Waals surface area contributed by atoms with Gasteiger partial charge in [-0.05, 0) is 0 Å². The summed E-state index contributed by atoms with van der Waals surface area (Å²) in [7, 11) is 0. The van der Waals surface area contributed by atoms with Gasteiger partial charge < -0.3 is 9.47 Å². The van der Waals surface area contributed by atoms with E-state index in [1.165, 1.54) is 0 Å². The first-order chi connectivity index (χ1) is 3.77. The molecule has 0 amide bonds. The van der Waals surface area contributed by atoms with Crippen molar-refractivity contribution < 1.29 is 9.47 Å². The molecule has 1 aliphatic rings. The minimum Gasteiger partial charge on any atom is -0.335 e. The van der Waals surface area contributed by atoms with Crippen LogP contribution in [0.25, 0.3) is 0 Å². The Labute approximate surface area is 61.7 Å². The van der Waals surface area contributed by atoms with Crippen LogP contribution in [0.2, 0.25) is 0 Å². The Morgan fingerprint density at radius 3 is 2.25 bits per heavy atom. The van der Waals surface area contributed by atoms with Gasteiger partial charge in [0.1, 0.15) is 0 Å². The van der Waals surface area contributed by atoms with Crippen LogP contribution in [0.5, 0.6) is 0 Å². The predicted octanol–water partition coefficient (Wildman–Crippen LogP) is 0.0807. The number of hydrogen-bond acceptors (Lipinski definition) is 3. The Kier molecular flexibility index (Phi) is 2.07. The first kappa shape index (κ1) is 6.73. The number of hydrogen-bond donors (Lipinski definition) is 1. The molecule has 1 rings (SSSR count). The lowest BCUT2D eigenvalue weighted by Gasteiger charge is -2.17. The maximum absolute atomic E-state index is 5.51. The van der Waals surface area contributed by atoms with E-state index in [2.05, 4.69) is 22.6 Å². The van der Waals surface area contributed by atoms with Gasteiger partial charge in [0.05, 0.1) is 17.6 Å². The number of nitrogens with two attached hydrogens (primary N) is 1. The first-order valence-electron chi connectivity index (χ1n) is 2.40. The van der Waals surface area contributed by atoms with Crippen molar-refractivity contribution in [3.63, 3.8) is 0 Å². The Morgan fingerprint density at radius 2 is 2.00 bits per heavy atom. The molecule has 1 heterocycles. The smallest absolute Gasteiger partial charge is 0.234 e. The predicted molar refractivity (Wildman–Crippen MR) is 37.7 cm³/mol. The van der Waals surface area contributed by atoms with E-state index in [-0.39, 0.29) is 0 Å². The van der Waals surface area contributed by atoms with Crippen molar-refractivity contribution in [2.24, 2.45) is 5.73 Å². The highest BCUT2D eigenvalue weighted by molar-refractivity contribution is 14.1. The van der Waals surface area contributed by atoms with E-state index in [1.54, 1.807) is 0 Å². The van der Waals surface area contributed by atoms with Crippen LogP contribution in [0.1, 0.15) is 0 Å². The second kappa shape index (κ2) is 2.47. The minimum absolute atomic E-state index is 0.625. The average Bonchev–Trinajstić information content (AvgIpc) is 2.17. The Bertz CT molecular complexity index is 82.1. The standard InChI is InChI=1S/C4H8INO2/c5-3-4(6)7-1-2-8-4/h1-3,6H2. The maximum atomic E-state index is 5.51. The average molecular weight is 229 g/mol. The summed E-state index contributed by atoms with van der Waals surface area (Å²) in [6.45, 7) is 1.25. The van der Waals surface area contributed by atoms with Gasteiger partial charge in [0.25, 0.3) is 0 Å². The summed E-state index contributed by atoms with van der Waals surface area (Å²) in [5, 5.41) is 0. The van der Waals surface area contributed by atoms with E-state index in [0.29, 0.717) is 17.6 Å². The molecule has 0 aromatic heterocycles. The number of halogens is 1. The summed E-state index contributed by atoms with van der Waals surface area (Å²) in [5.41, 5.74) is 5.51. The zero-order valence-electron chi connectivity index (χ0n) is 4.39. The van der Waals surface area contributed by atoms with Crippen molar-refractivity contribution in [1.29, 1.82) is 0 Å². The van der Waals surface area contributed by atoms with Crippen LogP contribution in [0.3, 0.4) is 0 Å². The maximum Gasteiger partial charge on any atom is 0.234 e. The second-order valence-corrected chi connectivity index (χ2v) is 2.41. The summed E-state index contributed by atoms with van der Waals surface area (Å²) in [4.78, 5) is 0. The molecule has 0 aliphatic carbocycles. The monoisotopic (exact) mass is 229 g/mol. The highest BCUT2D eigenvalue weighted by atomic mass is 127. The highest BCUT2D eigenvalue weighted by Gasteiger charge is 2.29. The van der Waals surface area contributed by atoms with Crippen LogP contribution in [0.4, 0.5) is 0 Å². The Hall–Kier alpha value is 0.610. The van der Waals surface area contributed by atoms with Crippen molar-refractivity contribution in [1.82, 2.24) is 0 Å². The van der Waals surface area contributed by atoms with Gasteiger partial charge in [0.15, 0.2) is 0 Å².